The molecule has 1 aromatic heterocycles. The number of anilines is 1. The van der Waals surface area contributed by atoms with Crippen LogP contribution in [-0.2, 0) is 6.54 Å². The fraction of sp³-hybridized carbons (Fsp3) is 0.692. The van der Waals surface area contributed by atoms with Crippen molar-refractivity contribution in [3.05, 3.63) is 21.0 Å². The molecule has 1 atom stereocenters. The second-order valence-corrected chi connectivity index (χ2v) is 5.95. The first-order valence-electron chi connectivity index (χ1n) is 6.79. The van der Waals surface area contributed by atoms with E-state index in [9.17, 15) is 9.90 Å². The number of halogens is 1. The van der Waals surface area contributed by atoms with E-state index in [0.29, 0.717) is 35.6 Å². The largest absolute Gasteiger partial charge is 0.391 e. The predicted octanol–water partition coefficient (Wildman–Crippen LogP) is 1.99. The average molecular weight is 330 g/mol. The highest BCUT2D eigenvalue weighted by Crippen LogP contribution is 2.27. The molecule has 106 valence electrons. The molecule has 2 rings (SSSR count). The van der Waals surface area contributed by atoms with Crippen LogP contribution in [0.4, 0.5) is 5.69 Å². The smallest absolute Gasteiger partial charge is 0.291 e. The fourth-order valence-electron chi connectivity index (χ4n) is 2.04. The second-order valence-electron chi connectivity index (χ2n) is 5.09. The van der Waals surface area contributed by atoms with E-state index in [1.165, 1.54) is 23.9 Å². The maximum atomic E-state index is 12.3. The minimum atomic E-state index is -0.445. The van der Waals surface area contributed by atoms with Gasteiger partial charge in [-0.2, -0.15) is 5.10 Å². The summed E-state index contributed by atoms with van der Waals surface area (Å²) in [6, 6.07) is 0. The number of aliphatic hydroxyl groups excluding tert-OH is 1. The summed E-state index contributed by atoms with van der Waals surface area (Å²) < 4.78 is 2.17. The first kappa shape index (κ1) is 14.5. The summed E-state index contributed by atoms with van der Waals surface area (Å²) in [5.74, 6) is 0.584. The van der Waals surface area contributed by atoms with Crippen molar-refractivity contribution >= 4 is 21.6 Å². The van der Waals surface area contributed by atoms with Gasteiger partial charge >= 0.3 is 0 Å². The lowest BCUT2D eigenvalue weighted by Crippen LogP contribution is -2.32. The molecule has 0 amide bonds. The predicted molar refractivity (Wildman–Crippen MR) is 78.3 cm³/mol. The molecule has 6 heteroatoms. The Labute approximate surface area is 121 Å². The molecule has 19 heavy (non-hydrogen) atoms. The first-order chi connectivity index (χ1) is 9.11. The third kappa shape index (κ3) is 3.57. The Kier molecular flexibility index (Phi) is 4.99. The van der Waals surface area contributed by atoms with Crippen LogP contribution in [0.1, 0.15) is 32.6 Å². The van der Waals surface area contributed by atoms with E-state index < -0.39 is 6.10 Å². The van der Waals surface area contributed by atoms with E-state index in [1.54, 1.807) is 6.20 Å². The van der Waals surface area contributed by atoms with Crippen LogP contribution in [0.15, 0.2) is 15.5 Å². The van der Waals surface area contributed by atoms with Gasteiger partial charge in [-0.1, -0.05) is 13.3 Å². The average Bonchev–Trinajstić information content (AvgIpc) is 2.35. The van der Waals surface area contributed by atoms with E-state index >= 15 is 0 Å². The zero-order valence-corrected chi connectivity index (χ0v) is 12.7. The van der Waals surface area contributed by atoms with Gasteiger partial charge in [0.05, 0.1) is 16.8 Å². The molecule has 1 aliphatic rings. The Hall–Kier alpha value is -0.880. The Bertz CT molecular complexity index is 485. The van der Waals surface area contributed by atoms with Crippen LogP contribution in [0.2, 0.25) is 0 Å². The van der Waals surface area contributed by atoms with Gasteiger partial charge < -0.3 is 10.4 Å². The SMILES string of the molecule is CCC(O)CNc1c(Br)cnn(CC2CCC2)c1=O. The van der Waals surface area contributed by atoms with E-state index in [1.807, 2.05) is 6.92 Å². The van der Waals surface area contributed by atoms with E-state index in [0.717, 1.165) is 0 Å². The van der Waals surface area contributed by atoms with Crippen LogP contribution in [0.25, 0.3) is 0 Å². The monoisotopic (exact) mass is 329 g/mol. The van der Waals surface area contributed by atoms with Crippen molar-refractivity contribution in [1.82, 2.24) is 9.78 Å². The van der Waals surface area contributed by atoms with Gasteiger partial charge in [-0.25, -0.2) is 4.68 Å². The third-order valence-corrected chi connectivity index (χ3v) is 4.24. The van der Waals surface area contributed by atoms with Crippen LogP contribution in [0, 0.1) is 5.92 Å². The Morgan fingerprint density at radius 1 is 1.63 bits per heavy atom. The molecule has 1 fully saturated rings. The fourth-order valence-corrected chi connectivity index (χ4v) is 2.44. The molecule has 1 heterocycles. The van der Waals surface area contributed by atoms with E-state index in [-0.39, 0.29) is 5.56 Å². The van der Waals surface area contributed by atoms with Crippen molar-refractivity contribution in [3.63, 3.8) is 0 Å². The minimum absolute atomic E-state index is 0.121. The molecular formula is C13H20BrN3O2. The molecule has 1 aromatic rings. The molecular weight excluding hydrogens is 310 g/mol. The minimum Gasteiger partial charge on any atom is -0.391 e. The molecule has 0 aliphatic heterocycles. The summed E-state index contributed by atoms with van der Waals surface area (Å²) in [6.45, 7) is 2.97. The summed E-state index contributed by atoms with van der Waals surface area (Å²) in [5.41, 5.74) is 0.367. The van der Waals surface area contributed by atoms with Crippen molar-refractivity contribution < 1.29 is 5.11 Å². The number of nitrogens with zero attached hydrogens (tertiary/aromatic N) is 2. The van der Waals surface area contributed by atoms with Gasteiger partial charge in [0.25, 0.3) is 5.56 Å². The summed E-state index contributed by atoms with van der Waals surface area (Å²) in [5, 5.41) is 16.7. The summed E-state index contributed by atoms with van der Waals surface area (Å²) in [6.07, 6.45) is 5.47. The third-order valence-electron chi connectivity index (χ3n) is 3.64. The first-order valence-corrected chi connectivity index (χ1v) is 7.58. The number of hydrogen-bond donors (Lipinski definition) is 2. The highest BCUT2D eigenvalue weighted by molar-refractivity contribution is 9.10. The Balaban J connectivity index is 2.11. The maximum absolute atomic E-state index is 12.3. The second kappa shape index (κ2) is 6.52. The van der Waals surface area contributed by atoms with Crippen LogP contribution in [0.5, 0.6) is 0 Å². The van der Waals surface area contributed by atoms with Crippen LogP contribution in [0.3, 0.4) is 0 Å². The highest BCUT2D eigenvalue weighted by Gasteiger charge is 2.20. The topological polar surface area (TPSA) is 67.2 Å². The molecule has 0 radical (unpaired) electrons. The van der Waals surface area contributed by atoms with Crippen molar-refractivity contribution in [2.75, 3.05) is 11.9 Å². The highest BCUT2D eigenvalue weighted by atomic mass is 79.9. The Morgan fingerprint density at radius 3 is 2.95 bits per heavy atom. The molecule has 0 aromatic carbocycles. The van der Waals surface area contributed by atoms with Crippen molar-refractivity contribution in [2.24, 2.45) is 5.92 Å². The molecule has 1 saturated carbocycles. The lowest BCUT2D eigenvalue weighted by molar-refractivity contribution is 0.183. The summed E-state index contributed by atoms with van der Waals surface area (Å²) in [7, 11) is 0. The zero-order chi connectivity index (χ0) is 13.8. The Morgan fingerprint density at radius 2 is 2.37 bits per heavy atom. The zero-order valence-electron chi connectivity index (χ0n) is 11.1. The standard InChI is InChI=1S/C13H20BrN3O2/c1-2-10(18)6-15-12-11(14)7-16-17(13(12)19)8-9-4-3-5-9/h7,9-10,15,18H,2-6,8H2,1H3. The van der Waals surface area contributed by atoms with Gasteiger partial charge in [-0.3, -0.25) is 4.79 Å². The molecule has 2 N–H and O–H groups in total. The van der Waals surface area contributed by atoms with Crippen molar-refractivity contribution in [2.45, 2.75) is 45.3 Å². The number of aromatic nitrogens is 2. The number of aliphatic hydroxyl groups is 1. The van der Waals surface area contributed by atoms with Gasteiger partial charge in [0.2, 0.25) is 0 Å². The van der Waals surface area contributed by atoms with Crippen LogP contribution < -0.4 is 10.9 Å². The molecule has 0 spiro atoms. The molecule has 0 saturated heterocycles. The molecule has 5 nitrogen and oxygen atoms in total. The van der Waals surface area contributed by atoms with Crippen LogP contribution >= 0.6 is 15.9 Å². The van der Waals surface area contributed by atoms with E-state index in [4.69, 9.17) is 0 Å². The van der Waals surface area contributed by atoms with Gasteiger partial charge in [0.1, 0.15) is 5.69 Å². The quantitative estimate of drug-likeness (QED) is 0.837. The number of rotatable bonds is 6. The van der Waals surface area contributed by atoms with Crippen LogP contribution in [-0.4, -0.2) is 27.5 Å². The van der Waals surface area contributed by atoms with E-state index in [2.05, 4.69) is 26.3 Å². The van der Waals surface area contributed by atoms with Crippen molar-refractivity contribution in [3.8, 4) is 0 Å². The summed E-state index contributed by atoms with van der Waals surface area (Å²) in [4.78, 5) is 12.3. The number of nitrogens with one attached hydrogen (secondary N) is 1. The normalized spacial score (nSPS) is 17.0. The van der Waals surface area contributed by atoms with Gasteiger partial charge in [0, 0.05) is 13.1 Å². The van der Waals surface area contributed by atoms with Gasteiger partial charge in [-0.15, -0.1) is 0 Å². The summed E-state index contributed by atoms with van der Waals surface area (Å²) >= 11 is 3.33. The van der Waals surface area contributed by atoms with Gasteiger partial charge in [0.15, 0.2) is 0 Å². The van der Waals surface area contributed by atoms with Gasteiger partial charge in [-0.05, 0) is 41.1 Å². The molecule has 1 unspecified atom stereocenters. The van der Waals surface area contributed by atoms with Crippen molar-refractivity contribution in [1.29, 1.82) is 0 Å². The lowest BCUT2D eigenvalue weighted by atomic mass is 9.85. The lowest BCUT2D eigenvalue weighted by Gasteiger charge is -2.25. The number of hydrogen-bond acceptors (Lipinski definition) is 4. The molecule has 0 bridgehead atoms. The molecule has 1 aliphatic carbocycles. The maximum Gasteiger partial charge on any atom is 0.291 e.